The Morgan fingerprint density at radius 2 is 1.71 bits per heavy atom. The zero-order valence-corrected chi connectivity index (χ0v) is 15.2. The van der Waals surface area contributed by atoms with Gasteiger partial charge in [0.2, 0.25) is 5.88 Å². The van der Waals surface area contributed by atoms with E-state index in [1.54, 1.807) is 7.11 Å². The lowest BCUT2D eigenvalue weighted by molar-refractivity contribution is 0.284. The molecule has 2 rings (SSSR count). The van der Waals surface area contributed by atoms with E-state index in [1.807, 2.05) is 6.92 Å². The van der Waals surface area contributed by atoms with Gasteiger partial charge in [0.15, 0.2) is 5.82 Å². The van der Waals surface area contributed by atoms with Gasteiger partial charge in [-0.3, -0.25) is 0 Å². The van der Waals surface area contributed by atoms with Gasteiger partial charge in [-0.25, -0.2) is 4.98 Å². The number of methoxy groups -OCH3 is 1. The minimum Gasteiger partial charge on any atom is -0.481 e. The van der Waals surface area contributed by atoms with Crippen LogP contribution in [-0.4, -0.2) is 28.8 Å². The molecule has 0 fully saturated rings. The fourth-order valence-corrected chi connectivity index (χ4v) is 3.08. The van der Waals surface area contributed by atoms with Crippen LogP contribution in [0, 0.1) is 6.92 Å². The van der Waals surface area contributed by atoms with Gasteiger partial charge in [0, 0.05) is 23.4 Å². The zero-order chi connectivity index (χ0) is 17.5. The van der Waals surface area contributed by atoms with Crippen molar-refractivity contribution in [2.75, 3.05) is 13.7 Å². The van der Waals surface area contributed by atoms with Crippen molar-refractivity contribution in [1.29, 1.82) is 0 Å². The number of hydrogen-bond donors (Lipinski definition) is 1. The van der Waals surface area contributed by atoms with Gasteiger partial charge in [0.05, 0.1) is 7.11 Å². The molecule has 0 unspecified atom stereocenters. The summed E-state index contributed by atoms with van der Waals surface area (Å²) in [7, 11) is 1.66. The van der Waals surface area contributed by atoms with Crippen LogP contribution >= 0.6 is 0 Å². The Bertz CT molecular complexity index is 661. The average Bonchev–Trinajstić information content (AvgIpc) is 2.61. The van der Waals surface area contributed by atoms with E-state index in [0.717, 1.165) is 54.7 Å². The number of aliphatic hydroxyl groups excluding tert-OH is 1. The number of unbranched alkanes of at least 4 members (excludes halogenated alkanes) is 1. The summed E-state index contributed by atoms with van der Waals surface area (Å²) < 4.78 is 5.55. The summed E-state index contributed by atoms with van der Waals surface area (Å²) in [6.45, 7) is 6.55. The lowest BCUT2D eigenvalue weighted by atomic mass is 9.96. The van der Waals surface area contributed by atoms with Gasteiger partial charge in [-0.1, -0.05) is 32.0 Å². The Morgan fingerprint density at radius 1 is 1.04 bits per heavy atom. The molecule has 0 bridgehead atoms. The smallest absolute Gasteiger partial charge is 0.220 e. The maximum absolute atomic E-state index is 8.99. The molecule has 2 aromatic rings. The molecule has 0 radical (unpaired) electrons. The molecule has 1 aromatic heterocycles. The fourth-order valence-electron chi connectivity index (χ4n) is 3.08. The van der Waals surface area contributed by atoms with Crippen LogP contribution in [0.1, 0.15) is 49.1 Å². The van der Waals surface area contributed by atoms with Gasteiger partial charge in [0.25, 0.3) is 0 Å². The van der Waals surface area contributed by atoms with Gasteiger partial charge in [-0.2, -0.15) is 4.98 Å². The van der Waals surface area contributed by atoms with Gasteiger partial charge < -0.3 is 9.84 Å². The second-order valence-electron chi connectivity index (χ2n) is 5.96. The zero-order valence-electron chi connectivity index (χ0n) is 15.2. The molecule has 1 N–H and O–H groups in total. The molecule has 24 heavy (non-hydrogen) atoms. The molecule has 1 aromatic carbocycles. The van der Waals surface area contributed by atoms with Gasteiger partial charge >= 0.3 is 0 Å². The van der Waals surface area contributed by atoms with Crippen LogP contribution in [0.4, 0.5) is 0 Å². The number of rotatable bonds is 8. The van der Waals surface area contributed by atoms with Crippen LogP contribution in [0.2, 0.25) is 0 Å². The lowest BCUT2D eigenvalue weighted by Gasteiger charge is -2.16. The van der Waals surface area contributed by atoms with E-state index in [0.29, 0.717) is 5.88 Å². The normalized spacial score (nSPS) is 10.9. The van der Waals surface area contributed by atoms with E-state index >= 15 is 0 Å². The van der Waals surface area contributed by atoms with Crippen molar-refractivity contribution in [2.45, 2.75) is 52.9 Å². The number of aromatic nitrogens is 2. The first-order valence-electron chi connectivity index (χ1n) is 8.79. The van der Waals surface area contributed by atoms with Crippen LogP contribution < -0.4 is 4.74 Å². The molecule has 0 aliphatic heterocycles. The Hall–Kier alpha value is -1.94. The molecule has 130 valence electrons. The number of hydrogen-bond acceptors (Lipinski definition) is 4. The highest BCUT2D eigenvalue weighted by Crippen LogP contribution is 2.30. The van der Waals surface area contributed by atoms with E-state index in [-0.39, 0.29) is 6.61 Å². The van der Waals surface area contributed by atoms with Crippen molar-refractivity contribution in [3.05, 3.63) is 40.6 Å². The van der Waals surface area contributed by atoms with Crippen LogP contribution in [-0.2, 0) is 19.3 Å². The van der Waals surface area contributed by atoms with Crippen LogP contribution in [0.3, 0.4) is 0 Å². The summed E-state index contributed by atoms with van der Waals surface area (Å²) in [5.74, 6) is 1.41. The quantitative estimate of drug-likeness (QED) is 0.747. The minimum atomic E-state index is 0.212. The van der Waals surface area contributed by atoms with Gasteiger partial charge in [0.1, 0.15) is 0 Å². The van der Waals surface area contributed by atoms with Gasteiger partial charge in [-0.15, -0.1) is 0 Å². The third-order valence-electron chi connectivity index (χ3n) is 4.43. The van der Waals surface area contributed by atoms with Crippen LogP contribution in [0.5, 0.6) is 5.88 Å². The Kier molecular flexibility index (Phi) is 6.73. The third kappa shape index (κ3) is 3.93. The van der Waals surface area contributed by atoms with E-state index in [2.05, 4.69) is 32.0 Å². The van der Waals surface area contributed by atoms with Crippen molar-refractivity contribution in [3.63, 3.8) is 0 Å². The van der Waals surface area contributed by atoms with E-state index < -0.39 is 0 Å². The molecule has 1 heterocycles. The number of ether oxygens (including phenoxy) is 1. The molecular weight excluding hydrogens is 300 g/mol. The highest BCUT2D eigenvalue weighted by molar-refractivity contribution is 5.66. The summed E-state index contributed by atoms with van der Waals surface area (Å²) in [4.78, 5) is 9.52. The van der Waals surface area contributed by atoms with Crippen LogP contribution in [0.25, 0.3) is 11.4 Å². The van der Waals surface area contributed by atoms with E-state index in [4.69, 9.17) is 19.8 Å². The first-order valence-corrected chi connectivity index (χ1v) is 8.79. The summed E-state index contributed by atoms with van der Waals surface area (Å²) >= 11 is 0. The SMILES string of the molecule is CCc1cccc(CC)c1-c1nc(C)c(CCCCO)c(OC)n1. The number of aryl methyl sites for hydroxylation is 3. The molecule has 4 nitrogen and oxygen atoms in total. The highest BCUT2D eigenvalue weighted by atomic mass is 16.5. The molecular formula is C20H28N2O2. The maximum atomic E-state index is 8.99. The lowest BCUT2D eigenvalue weighted by Crippen LogP contribution is -2.06. The molecule has 0 atom stereocenters. The third-order valence-corrected chi connectivity index (χ3v) is 4.43. The summed E-state index contributed by atoms with van der Waals surface area (Å²) in [6, 6.07) is 6.40. The minimum absolute atomic E-state index is 0.212. The number of benzene rings is 1. The first kappa shape index (κ1) is 18.4. The number of aliphatic hydroxyl groups is 1. The molecule has 0 amide bonds. The number of nitrogens with zero attached hydrogens (tertiary/aromatic N) is 2. The van der Waals surface area contributed by atoms with Crippen LogP contribution in [0.15, 0.2) is 18.2 Å². The fraction of sp³-hybridized carbons (Fsp3) is 0.500. The molecule has 0 spiro atoms. The molecule has 0 saturated carbocycles. The summed E-state index contributed by atoms with van der Waals surface area (Å²) in [5, 5.41) is 8.99. The standard InChI is InChI=1S/C20H28N2O2/c1-5-15-10-9-11-16(6-2)18(15)19-21-14(3)17(12-7-8-13-23)20(22-19)24-4/h9-11,23H,5-8,12-13H2,1-4H3. The predicted molar refractivity (Wildman–Crippen MR) is 97.5 cm³/mol. The van der Waals surface area contributed by atoms with Crippen molar-refractivity contribution >= 4 is 0 Å². The second kappa shape index (κ2) is 8.78. The van der Waals surface area contributed by atoms with E-state index in [1.165, 1.54) is 11.1 Å². The van der Waals surface area contributed by atoms with Crippen molar-refractivity contribution in [3.8, 4) is 17.3 Å². The Morgan fingerprint density at radius 3 is 2.25 bits per heavy atom. The van der Waals surface area contributed by atoms with Crippen molar-refractivity contribution in [1.82, 2.24) is 9.97 Å². The molecule has 0 aliphatic rings. The maximum Gasteiger partial charge on any atom is 0.220 e. The summed E-state index contributed by atoms with van der Waals surface area (Å²) in [6.07, 6.45) is 4.41. The first-order chi connectivity index (χ1) is 11.7. The highest BCUT2D eigenvalue weighted by Gasteiger charge is 2.17. The average molecular weight is 328 g/mol. The topological polar surface area (TPSA) is 55.2 Å². The monoisotopic (exact) mass is 328 g/mol. The largest absolute Gasteiger partial charge is 0.481 e. The molecule has 4 heteroatoms. The predicted octanol–water partition coefficient (Wildman–Crippen LogP) is 3.90. The van der Waals surface area contributed by atoms with Crippen molar-refractivity contribution in [2.24, 2.45) is 0 Å². The Labute approximate surface area is 144 Å². The second-order valence-corrected chi connectivity index (χ2v) is 5.96. The summed E-state index contributed by atoms with van der Waals surface area (Å²) in [5.41, 5.74) is 5.68. The van der Waals surface area contributed by atoms with E-state index in [9.17, 15) is 0 Å². The molecule has 0 saturated heterocycles. The Balaban J connectivity index is 2.51. The van der Waals surface area contributed by atoms with Crippen molar-refractivity contribution < 1.29 is 9.84 Å². The molecule has 0 aliphatic carbocycles. The van der Waals surface area contributed by atoms with Gasteiger partial charge in [-0.05, 0) is 50.2 Å².